The zero-order chi connectivity index (χ0) is 25.1. The van der Waals surface area contributed by atoms with Crippen molar-refractivity contribution in [3.05, 3.63) is 40.6 Å². The van der Waals surface area contributed by atoms with Crippen molar-refractivity contribution in [1.29, 1.82) is 0 Å². The van der Waals surface area contributed by atoms with Gasteiger partial charge in [0.05, 0.1) is 12.7 Å². The number of thiocarbonyl (C=S) groups is 1. The van der Waals surface area contributed by atoms with Crippen molar-refractivity contribution in [2.45, 2.75) is 90.5 Å². The van der Waals surface area contributed by atoms with Crippen LogP contribution in [-0.2, 0) is 11.2 Å². The Morgan fingerprint density at radius 3 is 2.15 bits per heavy atom. The highest BCUT2D eigenvalue weighted by atomic mass is 32.1. The maximum Gasteiger partial charge on any atom is 0.414 e. The van der Waals surface area contributed by atoms with Crippen molar-refractivity contribution in [2.24, 2.45) is 0 Å². The molecule has 1 heterocycles. The zero-order valence-corrected chi connectivity index (χ0v) is 21.4. The van der Waals surface area contributed by atoms with Crippen molar-refractivity contribution in [3.63, 3.8) is 0 Å². The normalized spacial score (nSPS) is 15.9. The Morgan fingerprint density at radius 2 is 1.62 bits per heavy atom. The number of benzene rings is 1. The molecule has 1 unspecified atom stereocenters. The monoisotopic (exact) mass is 490 g/mol. The van der Waals surface area contributed by atoms with E-state index in [0.29, 0.717) is 23.4 Å². The first-order valence-electron chi connectivity index (χ1n) is 12.3. The Balaban J connectivity index is 2.18. The van der Waals surface area contributed by atoms with Crippen LogP contribution >= 0.6 is 12.2 Å². The highest BCUT2D eigenvalue weighted by molar-refractivity contribution is 7.80. The smallest absolute Gasteiger partial charge is 0.414 e. The lowest BCUT2D eigenvalue weighted by atomic mass is 9.88. The van der Waals surface area contributed by atoms with E-state index in [-0.39, 0.29) is 10.7 Å². The summed E-state index contributed by atoms with van der Waals surface area (Å²) in [5, 5.41) is 22.5. The predicted octanol–water partition coefficient (Wildman–Crippen LogP) is 6.43. The first-order chi connectivity index (χ1) is 16.3. The Kier molecular flexibility index (Phi) is 11.3. The Hall–Kier alpha value is -2.61. The number of nitrogens with one attached hydrogen (secondary N) is 1. The molecular formula is C26H38N2O5S. The summed E-state index contributed by atoms with van der Waals surface area (Å²) in [6.45, 7) is 3.82. The Bertz CT molecular complexity index is 899. The summed E-state index contributed by atoms with van der Waals surface area (Å²) in [6.07, 6.45) is 11.6. The third-order valence-corrected chi connectivity index (χ3v) is 6.63. The molecule has 0 bridgehead atoms. The van der Waals surface area contributed by atoms with Crippen molar-refractivity contribution in [1.82, 2.24) is 10.2 Å². The molecule has 188 valence electrons. The van der Waals surface area contributed by atoms with Crippen LogP contribution in [0.5, 0.6) is 5.75 Å². The van der Waals surface area contributed by atoms with Gasteiger partial charge in [-0.15, -0.1) is 0 Å². The van der Waals surface area contributed by atoms with Crippen LogP contribution in [-0.4, -0.2) is 39.4 Å². The number of rotatable bonds is 14. The lowest BCUT2D eigenvalue weighted by Gasteiger charge is -2.37. The third-order valence-electron chi connectivity index (χ3n) is 6.33. The van der Waals surface area contributed by atoms with Crippen LogP contribution in [0, 0.1) is 0 Å². The molecule has 1 aromatic carbocycles. The lowest BCUT2D eigenvalue weighted by molar-refractivity contribution is -0.133. The van der Waals surface area contributed by atoms with E-state index < -0.39 is 18.1 Å². The molecule has 3 N–H and O–H groups in total. The standard InChI is InChI=1S/C26H38N2O5S/c1-4-5-6-7-8-9-10-11-12-13-15-19-16-14-17-20(33-3)22(19)23-21(24(29)30)18(2)27-25(34)28(23)26(31)32/h14,16-17,23H,4-13,15H2,1-3H3,(H,27,34)(H,29,30)(H,31,32). The van der Waals surface area contributed by atoms with E-state index in [1.165, 1.54) is 52.1 Å². The zero-order valence-electron chi connectivity index (χ0n) is 20.6. The summed E-state index contributed by atoms with van der Waals surface area (Å²) in [6, 6.07) is 4.43. The van der Waals surface area contributed by atoms with Crippen LogP contribution in [0.4, 0.5) is 4.79 Å². The van der Waals surface area contributed by atoms with E-state index in [2.05, 4.69) is 12.2 Å². The average molecular weight is 491 g/mol. The number of carbonyl (C=O) groups is 2. The Morgan fingerprint density at radius 1 is 1.03 bits per heavy atom. The van der Waals surface area contributed by atoms with Crippen molar-refractivity contribution in [2.75, 3.05) is 7.11 Å². The minimum absolute atomic E-state index is 0.0456. The number of carboxylic acid groups (broad SMARTS) is 2. The van der Waals surface area contributed by atoms with E-state index in [0.717, 1.165) is 29.7 Å². The van der Waals surface area contributed by atoms with Gasteiger partial charge in [0.1, 0.15) is 11.8 Å². The molecule has 0 saturated heterocycles. The van der Waals surface area contributed by atoms with Gasteiger partial charge in [-0.05, 0) is 43.6 Å². The molecule has 1 aliphatic heterocycles. The summed E-state index contributed by atoms with van der Waals surface area (Å²) in [7, 11) is 1.50. The van der Waals surface area contributed by atoms with Crippen LogP contribution in [0.15, 0.2) is 29.5 Å². The first-order valence-corrected chi connectivity index (χ1v) is 12.7. The molecule has 0 aliphatic carbocycles. The van der Waals surface area contributed by atoms with E-state index in [9.17, 15) is 19.8 Å². The topological polar surface area (TPSA) is 99.1 Å². The molecule has 0 aromatic heterocycles. The minimum atomic E-state index is -1.32. The van der Waals surface area contributed by atoms with Gasteiger partial charge in [-0.3, -0.25) is 0 Å². The molecule has 1 aliphatic rings. The van der Waals surface area contributed by atoms with Gasteiger partial charge in [-0.25, -0.2) is 14.5 Å². The van der Waals surface area contributed by atoms with Gasteiger partial charge in [0.25, 0.3) is 0 Å². The number of methoxy groups -OCH3 is 1. The summed E-state index contributed by atoms with van der Waals surface area (Å²) < 4.78 is 5.57. The number of nitrogens with zero attached hydrogens (tertiary/aromatic N) is 1. The number of carboxylic acids is 1. The minimum Gasteiger partial charge on any atom is -0.496 e. The number of hydrogen-bond acceptors (Lipinski definition) is 4. The molecule has 1 atom stereocenters. The second-order valence-corrected chi connectivity index (χ2v) is 9.18. The van der Waals surface area contributed by atoms with Gasteiger partial charge in [-0.1, -0.05) is 76.8 Å². The fourth-order valence-corrected chi connectivity index (χ4v) is 4.92. The van der Waals surface area contributed by atoms with Crippen LogP contribution < -0.4 is 10.1 Å². The Labute approximate surface area is 208 Å². The molecule has 1 aromatic rings. The van der Waals surface area contributed by atoms with Crippen molar-refractivity contribution < 1.29 is 24.5 Å². The van der Waals surface area contributed by atoms with E-state index in [4.69, 9.17) is 17.0 Å². The molecule has 0 saturated carbocycles. The largest absolute Gasteiger partial charge is 0.496 e. The predicted molar refractivity (Wildman–Crippen MR) is 137 cm³/mol. The number of allylic oxidation sites excluding steroid dienone is 1. The first kappa shape index (κ1) is 27.6. The number of amides is 1. The maximum absolute atomic E-state index is 12.2. The fraction of sp³-hybridized carbons (Fsp3) is 0.577. The molecular weight excluding hydrogens is 452 g/mol. The fourth-order valence-electron chi connectivity index (χ4n) is 4.59. The number of aliphatic carboxylic acids is 1. The quantitative estimate of drug-likeness (QED) is 0.204. The van der Waals surface area contributed by atoms with Crippen LogP contribution in [0.2, 0.25) is 0 Å². The summed E-state index contributed by atoms with van der Waals surface area (Å²) in [5.41, 5.74) is 1.70. The molecule has 0 fully saturated rings. The second-order valence-electron chi connectivity index (χ2n) is 8.79. The third kappa shape index (κ3) is 7.19. The molecule has 34 heavy (non-hydrogen) atoms. The van der Waals surface area contributed by atoms with E-state index in [1.807, 2.05) is 12.1 Å². The second kappa shape index (κ2) is 13.9. The van der Waals surface area contributed by atoms with Crippen molar-refractivity contribution >= 4 is 29.4 Å². The lowest BCUT2D eigenvalue weighted by Crippen LogP contribution is -2.50. The van der Waals surface area contributed by atoms with Gasteiger partial charge in [0.2, 0.25) is 0 Å². The number of hydrogen-bond donors (Lipinski definition) is 3. The van der Waals surface area contributed by atoms with Crippen LogP contribution in [0.1, 0.15) is 95.2 Å². The van der Waals surface area contributed by atoms with Crippen molar-refractivity contribution in [3.8, 4) is 5.75 Å². The van der Waals surface area contributed by atoms with Gasteiger partial charge in [0, 0.05) is 11.3 Å². The van der Waals surface area contributed by atoms with Crippen LogP contribution in [0.3, 0.4) is 0 Å². The molecule has 1 amide bonds. The van der Waals surface area contributed by atoms with Crippen LogP contribution in [0.25, 0.3) is 0 Å². The summed E-state index contributed by atoms with van der Waals surface area (Å²) in [4.78, 5) is 25.2. The molecule has 2 rings (SSSR count). The molecule has 8 heteroatoms. The van der Waals surface area contributed by atoms with Gasteiger partial charge in [-0.2, -0.15) is 0 Å². The highest BCUT2D eigenvalue weighted by Crippen LogP contribution is 2.41. The highest BCUT2D eigenvalue weighted by Gasteiger charge is 2.42. The molecule has 7 nitrogen and oxygen atoms in total. The van der Waals surface area contributed by atoms with Gasteiger partial charge < -0.3 is 20.3 Å². The number of aryl methyl sites for hydroxylation is 1. The summed E-state index contributed by atoms with van der Waals surface area (Å²) in [5.74, 6) is -0.739. The van der Waals surface area contributed by atoms with Gasteiger partial charge in [0.15, 0.2) is 5.11 Å². The van der Waals surface area contributed by atoms with E-state index in [1.54, 1.807) is 13.0 Å². The molecule has 0 radical (unpaired) electrons. The molecule has 0 spiro atoms. The number of ether oxygens (including phenoxy) is 1. The number of unbranched alkanes of at least 4 members (excludes halogenated alkanes) is 9. The maximum atomic E-state index is 12.2. The SMILES string of the molecule is CCCCCCCCCCCCc1cccc(OC)c1C1C(C(=O)O)=C(C)NC(=S)N1C(=O)O. The van der Waals surface area contributed by atoms with Gasteiger partial charge >= 0.3 is 12.1 Å². The average Bonchev–Trinajstić information content (AvgIpc) is 2.78. The van der Waals surface area contributed by atoms with E-state index >= 15 is 0 Å². The summed E-state index contributed by atoms with van der Waals surface area (Å²) >= 11 is 5.27.